The van der Waals surface area contributed by atoms with Gasteiger partial charge in [0.2, 0.25) is 5.91 Å². The second-order valence-electron chi connectivity index (χ2n) is 5.56. The van der Waals surface area contributed by atoms with Crippen molar-refractivity contribution in [2.24, 2.45) is 5.92 Å². The Labute approximate surface area is 120 Å². The van der Waals surface area contributed by atoms with E-state index < -0.39 is 9.84 Å². The van der Waals surface area contributed by atoms with Gasteiger partial charge < -0.3 is 5.32 Å². The molecule has 1 unspecified atom stereocenters. The number of rotatable bonds is 5. The van der Waals surface area contributed by atoms with Gasteiger partial charge in [-0.15, -0.1) is 0 Å². The van der Waals surface area contributed by atoms with Gasteiger partial charge in [-0.2, -0.15) is 0 Å². The topological polar surface area (TPSA) is 63.2 Å². The maximum atomic E-state index is 11.7. The van der Waals surface area contributed by atoms with E-state index in [0.29, 0.717) is 19.4 Å². The van der Waals surface area contributed by atoms with Gasteiger partial charge in [0.15, 0.2) is 9.84 Å². The van der Waals surface area contributed by atoms with Crippen molar-refractivity contribution in [3.8, 4) is 0 Å². The lowest BCUT2D eigenvalue weighted by atomic mass is 10.1. The van der Waals surface area contributed by atoms with Crippen LogP contribution in [0, 0.1) is 12.8 Å². The van der Waals surface area contributed by atoms with Crippen LogP contribution in [0.3, 0.4) is 0 Å². The van der Waals surface area contributed by atoms with E-state index in [4.69, 9.17) is 0 Å². The van der Waals surface area contributed by atoms with E-state index in [0.717, 1.165) is 12.0 Å². The molecule has 1 aromatic carbocycles. The van der Waals surface area contributed by atoms with E-state index >= 15 is 0 Å². The van der Waals surface area contributed by atoms with Crippen LogP contribution in [-0.2, 0) is 21.1 Å². The fourth-order valence-electron chi connectivity index (χ4n) is 2.39. The minimum atomic E-state index is -2.85. The Morgan fingerprint density at radius 2 is 2.00 bits per heavy atom. The fraction of sp³-hybridized carbons (Fsp3) is 0.533. The summed E-state index contributed by atoms with van der Waals surface area (Å²) in [6.45, 7) is 2.51. The summed E-state index contributed by atoms with van der Waals surface area (Å²) in [6.07, 6.45) is 1.83. The molecule has 1 fully saturated rings. The van der Waals surface area contributed by atoms with Crippen LogP contribution >= 0.6 is 0 Å². The molecule has 1 N–H and O–H groups in total. The third-order valence-electron chi connectivity index (χ3n) is 3.68. The maximum absolute atomic E-state index is 11.7. The first kappa shape index (κ1) is 15.0. The number of carbonyl (C=O) groups excluding carboxylic acids is 1. The van der Waals surface area contributed by atoms with Gasteiger partial charge in [-0.25, -0.2) is 8.42 Å². The first-order valence-electron chi connectivity index (χ1n) is 6.97. The number of benzene rings is 1. The summed E-state index contributed by atoms with van der Waals surface area (Å²) >= 11 is 0. The summed E-state index contributed by atoms with van der Waals surface area (Å²) in [5, 5.41) is 2.84. The molecule has 5 heteroatoms. The highest BCUT2D eigenvalue weighted by atomic mass is 32.2. The third-order valence-corrected chi connectivity index (χ3v) is 5.51. The Balaban J connectivity index is 1.69. The fourth-order valence-corrected chi connectivity index (χ4v) is 4.25. The number of amides is 1. The molecule has 1 heterocycles. The van der Waals surface area contributed by atoms with Gasteiger partial charge in [0.05, 0.1) is 11.5 Å². The first-order chi connectivity index (χ1) is 9.44. The monoisotopic (exact) mass is 295 g/mol. The zero-order chi connectivity index (χ0) is 14.6. The van der Waals surface area contributed by atoms with Crippen LogP contribution in [0.5, 0.6) is 0 Å². The number of carbonyl (C=O) groups is 1. The van der Waals surface area contributed by atoms with Gasteiger partial charge in [0, 0.05) is 13.0 Å². The molecule has 1 amide bonds. The SMILES string of the molecule is Cc1ccc(CCC(=O)NCC2CCS(=O)(=O)C2)cc1. The number of nitrogens with one attached hydrogen (secondary N) is 1. The lowest BCUT2D eigenvalue weighted by Crippen LogP contribution is -2.29. The molecule has 1 atom stereocenters. The zero-order valence-corrected chi connectivity index (χ0v) is 12.6. The predicted molar refractivity (Wildman–Crippen MR) is 79.3 cm³/mol. The minimum absolute atomic E-state index is 0.00475. The Morgan fingerprint density at radius 1 is 1.30 bits per heavy atom. The summed E-state index contributed by atoms with van der Waals surface area (Å²) in [5.74, 6) is 0.556. The van der Waals surface area contributed by atoms with Crippen LogP contribution in [0.15, 0.2) is 24.3 Å². The van der Waals surface area contributed by atoms with Crippen molar-refractivity contribution in [2.45, 2.75) is 26.2 Å². The number of aryl methyl sites for hydroxylation is 2. The molecule has 0 aliphatic carbocycles. The summed E-state index contributed by atoms with van der Waals surface area (Å²) in [6, 6.07) is 8.14. The second kappa shape index (κ2) is 6.39. The average molecular weight is 295 g/mol. The van der Waals surface area contributed by atoms with E-state index in [-0.39, 0.29) is 23.3 Å². The van der Waals surface area contributed by atoms with Crippen LogP contribution in [0.25, 0.3) is 0 Å². The molecule has 2 rings (SSSR count). The van der Waals surface area contributed by atoms with E-state index in [9.17, 15) is 13.2 Å². The smallest absolute Gasteiger partial charge is 0.220 e. The van der Waals surface area contributed by atoms with Crippen molar-refractivity contribution in [3.63, 3.8) is 0 Å². The van der Waals surface area contributed by atoms with Crippen LogP contribution in [0.2, 0.25) is 0 Å². The summed E-state index contributed by atoms with van der Waals surface area (Å²) in [5.41, 5.74) is 2.36. The molecule has 1 aromatic rings. The van der Waals surface area contributed by atoms with Gasteiger partial charge in [0.1, 0.15) is 0 Å². The minimum Gasteiger partial charge on any atom is -0.356 e. The molecule has 1 aliphatic rings. The van der Waals surface area contributed by atoms with Crippen molar-refractivity contribution in [1.82, 2.24) is 5.32 Å². The highest BCUT2D eigenvalue weighted by Gasteiger charge is 2.27. The normalized spacial score (nSPS) is 20.8. The second-order valence-corrected chi connectivity index (χ2v) is 7.79. The highest BCUT2D eigenvalue weighted by molar-refractivity contribution is 7.91. The Kier molecular flexibility index (Phi) is 4.81. The molecule has 0 bridgehead atoms. The van der Waals surface area contributed by atoms with E-state index in [2.05, 4.69) is 5.32 Å². The van der Waals surface area contributed by atoms with Crippen LogP contribution in [0.1, 0.15) is 24.0 Å². The van der Waals surface area contributed by atoms with Gasteiger partial charge >= 0.3 is 0 Å². The number of sulfone groups is 1. The summed E-state index contributed by atoms with van der Waals surface area (Å²) in [4.78, 5) is 11.7. The Morgan fingerprint density at radius 3 is 2.60 bits per heavy atom. The Bertz CT molecular complexity index is 563. The standard InChI is InChI=1S/C15H21NO3S/c1-12-2-4-13(5-3-12)6-7-15(17)16-10-14-8-9-20(18,19)11-14/h2-5,14H,6-11H2,1H3,(H,16,17). The molecule has 110 valence electrons. The molecule has 20 heavy (non-hydrogen) atoms. The maximum Gasteiger partial charge on any atom is 0.220 e. The van der Waals surface area contributed by atoms with Crippen molar-refractivity contribution in [3.05, 3.63) is 35.4 Å². The van der Waals surface area contributed by atoms with Crippen LogP contribution < -0.4 is 5.32 Å². The van der Waals surface area contributed by atoms with E-state index in [1.165, 1.54) is 5.56 Å². The average Bonchev–Trinajstić information content (AvgIpc) is 2.75. The first-order valence-corrected chi connectivity index (χ1v) is 8.79. The Hall–Kier alpha value is -1.36. The number of hydrogen-bond donors (Lipinski definition) is 1. The van der Waals surface area contributed by atoms with Gasteiger partial charge in [0.25, 0.3) is 0 Å². The van der Waals surface area contributed by atoms with Gasteiger partial charge in [-0.1, -0.05) is 29.8 Å². The number of hydrogen-bond acceptors (Lipinski definition) is 3. The molecular weight excluding hydrogens is 274 g/mol. The van der Waals surface area contributed by atoms with Crippen molar-refractivity contribution in [2.75, 3.05) is 18.1 Å². The van der Waals surface area contributed by atoms with E-state index in [1.807, 2.05) is 31.2 Å². The molecule has 0 spiro atoms. The van der Waals surface area contributed by atoms with Crippen molar-refractivity contribution in [1.29, 1.82) is 0 Å². The van der Waals surface area contributed by atoms with Gasteiger partial charge in [-0.05, 0) is 31.2 Å². The van der Waals surface area contributed by atoms with E-state index in [1.54, 1.807) is 0 Å². The third kappa shape index (κ3) is 4.63. The van der Waals surface area contributed by atoms with Gasteiger partial charge in [-0.3, -0.25) is 4.79 Å². The lowest BCUT2D eigenvalue weighted by molar-refractivity contribution is -0.121. The quantitative estimate of drug-likeness (QED) is 0.895. The zero-order valence-electron chi connectivity index (χ0n) is 11.8. The molecule has 1 aliphatic heterocycles. The lowest BCUT2D eigenvalue weighted by Gasteiger charge is -2.09. The van der Waals surface area contributed by atoms with Crippen molar-refractivity contribution >= 4 is 15.7 Å². The molecule has 0 aromatic heterocycles. The molecule has 0 radical (unpaired) electrons. The van der Waals surface area contributed by atoms with Crippen molar-refractivity contribution < 1.29 is 13.2 Å². The van der Waals surface area contributed by atoms with Crippen LogP contribution in [0.4, 0.5) is 0 Å². The molecule has 4 nitrogen and oxygen atoms in total. The predicted octanol–water partition coefficient (Wildman–Crippen LogP) is 1.48. The summed E-state index contributed by atoms with van der Waals surface area (Å²) in [7, 11) is -2.85. The summed E-state index contributed by atoms with van der Waals surface area (Å²) < 4.78 is 22.6. The van der Waals surface area contributed by atoms with Crippen LogP contribution in [-0.4, -0.2) is 32.4 Å². The largest absolute Gasteiger partial charge is 0.356 e. The molecule has 0 saturated carbocycles. The molecule has 1 saturated heterocycles. The molecular formula is C15H21NO3S. The highest BCUT2D eigenvalue weighted by Crippen LogP contribution is 2.17.